The first-order chi connectivity index (χ1) is 35.3. The standard InChI is InChI=1S/C51H58N10O14/c1-31(62)43(46(67)68)56-42(64)28-52-44(65)37(23-25-41(63)57-51(32-16-10-7-11-17-32,33-18-12-8-13-19-33)34-20-14-9-15-21-34)54-47(69)50(5,6)58-45(66)38(55-48(70)75-49(2,3)4)26-35-29-59(30-53-35)39-24-22-36(60(71)72)27-40(39)61(73)74/h7-22,24,27,29-31,37-38,43,62H,23,25-26,28H2,1-6H3,(H,52,65)(H,54,69)(H,55,70)(H,56,64)(H,57,63)(H,58,66)(H,67,68)/t31-,37+,38+,43+/m1/s1. The van der Waals surface area contributed by atoms with Crippen molar-refractivity contribution in [2.45, 2.75) is 102 Å². The van der Waals surface area contributed by atoms with Gasteiger partial charge in [0.1, 0.15) is 34.4 Å². The maximum atomic E-state index is 14.4. The third kappa shape index (κ3) is 15.2. The molecule has 24 heteroatoms. The van der Waals surface area contributed by atoms with E-state index in [1.807, 2.05) is 91.0 Å². The van der Waals surface area contributed by atoms with Gasteiger partial charge in [-0.1, -0.05) is 91.0 Å². The Morgan fingerprint density at radius 2 is 1.28 bits per heavy atom. The molecular weight excluding hydrogens is 977 g/mol. The number of rotatable bonds is 23. The number of amides is 6. The summed E-state index contributed by atoms with van der Waals surface area (Å²) in [5.74, 6) is -6.09. The Labute approximate surface area is 429 Å². The monoisotopic (exact) mass is 1030 g/mol. The van der Waals surface area contributed by atoms with E-state index in [-0.39, 0.29) is 11.4 Å². The van der Waals surface area contributed by atoms with Crippen molar-refractivity contribution in [3.8, 4) is 5.69 Å². The molecule has 0 radical (unpaired) electrons. The van der Waals surface area contributed by atoms with Crippen LogP contribution >= 0.6 is 0 Å². The fraction of sp³-hybridized carbons (Fsp3) is 0.333. The smallest absolute Gasteiger partial charge is 0.408 e. The SMILES string of the molecule is C[C@@H](O)[C@H](NC(=O)CNC(=O)[C@H](CCC(=O)NC(c1ccccc1)(c1ccccc1)c1ccccc1)NC(=O)C(C)(C)NC(=O)[C@H](Cc1cn(-c2ccc([N+](=O)[O-])cc2[N+](=O)[O-])cn1)NC(=O)OC(C)(C)C)C(=O)O. The quantitative estimate of drug-likeness (QED) is 0.0264. The number of benzene rings is 4. The molecular formula is C51H58N10O14. The van der Waals surface area contributed by atoms with Crippen molar-refractivity contribution in [3.05, 3.63) is 164 Å². The van der Waals surface area contributed by atoms with Gasteiger partial charge in [0.05, 0.1) is 40.6 Å². The van der Waals surface area contributed by atoms with Crippen molar-refractivity contribution in [2.24, 2.45) is 0 Å². The third-order valence-corrected chi connectivity index (χ3v) is 11.4. The van der Waals surface area contributed by atoms with Crippen LogP contribution in [0.2, 0.25) is 0 Å². The number of carbonyl (C=O) groups excluding carboxylic acids is 6. The number of alkyl carbamates (subject to hydrolysis) is 1. The van der Waals surface area contributed by atoms with Gasteiger partial charge in [-0.05, 0) is 70.7 Å². The maximum Gasteiger partial charge on any atom is 0.408 e. The van der Waals surface area contributed by atoms with Crippen LogP contribution in [0.25, 0.3) is 5.69 Å². The molecule has 0 aliphatic carbocycles. The van der Waals surface area contributed by atoms with Crippen LogP contribution in [0, 0.1) is 20.2 Å². The Kier molecular flexibility index (Phi) is 18.6. The van der Waals surface area contributed by atoms with Crippen LogP contribution < -0.4 is 31.9 Å². The Balaban J connectivity index is 1.42. The van der Waals surface area contributed by atoms with Crippen LogP contribution in [-0.2, 0) is 45.5 Å². The maximum absolute atomic E-state index is 14.4. The predicted octanol–water partition coefficient (Wildman–Crippen LogP) is 3.46. The van der Waals surface area contributed by atoms with E-state index in [9.17, 15) is 64.0 Å². The average molecular weight is 1040 g/mol. The van der Waals surface area contributed by atoms with Gasteiger partial charge in [-0.25, -0.2) is 14.6 Å². The molecule has 0 fully saturated rings. The van der Waals surface area contributed by atoms with Crippen LogP contribution in [0.15, 0.2) is 122 Å². The summed E-state index contributed by atoms with van der Waals surface area (Å²) in [6.07, 6.45) is -1.32. The summed E-state index contributed by atoms with van der Waals surface area (Å²) < 4.78 is 6.57. The minimum Gasteiger partial charge on any atom is -0.480 e. The van der Waals surface area contributed by atoms with Gasteiger partial charge in [0.15, 0.2) is 6.04 Å². The van der Waals surface area contributed by atoms with Gasteiger partial charge in [0.25, 0.3) is 11.4 Å². The number of hydrogen-bond donors (Lipinski definition) is 8. The van der Waals surface area contributed by atoms with Gasteiger partial charge >= 0.3 is 12.1 Å². The molecule has 4 atom stereocenters. The number of carbonyl (C=O) groups is 7. The van der Waals surface area contributed by atoms with Gasteiger partial charge in [-0.3, -0.25) is 48.8 Å². The largest absolute Gasteiger partial charge is 0.480 e. The molecule has 4 aromatic carbocycles. The first-order valence-electron chi connectivity index (χ1n) is 23.4. The lowest BCUT2D eigenvalue weighted by molar-refractivity contribution is -0.394. The second-order valence-electron chi connectivity index (χ2n) is 18.8. The Hall–Kier alpha value is -9.06. The van der Waals surface area contributed by atoms with E-state index in [0.717, 1.165) is 31.5 Å². The summed E-state index contributed by atoms with van der Waals surface area (Å²) >= 11 is 0. The van der Waals surface area contributed by atoms with Crippen LogP contribution in [0.5, 0.6) is 0 Å². The number of aliphatic hydroxyl groups excluding tert-OH is 1. The third-order valence-electron chi connectivity index (χ3n) is 11.4. The van der Waals surface area contributed by atoms with Gasteiger partial charge in [0.2, 0.25) is 29.5 Å². The molecule has 8 N–H and O–H groups in total. The number of ether oxygens (including phenoxy) is 1. The zero-order chi connectivity index (χ0) is 55.3. The highest BCUT2D eigenvalue weighted by molar-refractivity contribution is 5.97. The number of aliphatic hydroxyl groups is 1. The van der Waals surface area contributed by atoms with Crippen LogP contribution in [0.1, 0.15) is 76.8 Å². The molecule has 1 heterocycles. The molecule has 0 aliphatic heterocycles. The first-order valence-corrected chi connectivity index (χ1v) is 23.4. The first kappa shape index (κ1) is 56.8. The molecule has 0 aliphatic rings. The van der Waals surface area contributed by atoms with Crippen LogP contribution in [0.4, 0.5) is 16.2 Å². The topological polar surface area (TPSA) is 345 Å². The van der Waals surface area contributed by atoms with E-state index in [0.29, 0.717) is 16.7 Å². The molecule has 396 valence electrons. The molecule has 0 spiro atoms. The Morgan fingerprint density at radius 3 is 1.77 bits per heavy atom. The molecule has 5 rings (SSSR count). The number of aromatic nitrogens is 2. The van der Waals surface area contributed by atoms with E-state index >= 15 is 0 Å². The molecule has 0 unspecified atom stereocenters. The minimum atomic E-state index is -1.92. The number of aliphatic carboxylic acids is 1. The highest BCUT2D eigenvalue weighted by Gasteiger charge is 2.40. The molecule has 5 aromatic rings. The van der Waals surface area contributed by atoms with E-state index in [1.165, 1.54) is 24.6 Å². The average Bonchev–Trinajstić information content (AvgIpc) is 3.83. The number of hydrogen-bond acceptors (Lipinski definition) is 14. The summed E-state index contributed by atoms with van der Waals surface area (Å²) in [4.78, 5) is 120. The Morgan fingerprint density at radius 1 is 0.720 bits per heavy atom. The number of nitro groups is 2. The second kappa shape index (κ2) is 24.6. The van der Waals surface area contributed by atoms with E-state index in [4.69, 9.17) is 4.74 Å². The number of non-ortho nitro benzene ring substituents is 1. The highest BCUT2D eigenvalue weighted by Crippen LogP contribution is 2.37. The minimum absolute atomic E-state index is 0.0825. The molecule has 24 nitrogen and oxygen atoms in total. The number of nitro benzene ring substituents is 2. The molecule has 75 heavy (non-hydrogen) atoms. The summed E-state index contributed by atoms with van der Waals surface area (Å²) in [5, 5.41) is 57.7. The molecule has 1 aromatic heterocycles. The number of carboxylic acid groups (broad SMARTS) is 1. The van der Waals surface area contributed by atoms with Crippen LogP contribution in [0.3, 0.4) is 0 Å². The lowest BCUT2D eigenvalue weighted by Crippen LogP contribution is -2.62. The number of imidazole rings is 1. The van der Waals surface area contributed by atoms with Crippen molar-refractivity contribution in [1.29, 1.82) is 0 Å². The fourth-order valence-corrected chi connectivity index (χ4v) is 7.75. The summed E-state index contributed by atoms with van der Waals surface area (Å²) in [6.45, 7) is 7.59. The second-order valence-corrected chi connectivity index (χ2v) is 18.8. The number of nitrogens with zero attached hydrogens (tertiary/aromatic N) is 4. The van der Waals surface area contributed by atoms with E-state index in [1.54, 1.807) is 20.8 Å². The fourth-order valence-electron chi connectivity index (χ4n) is 7.75. The Bertz CT molecular complexity index is 2790. The van der Waals surface area contributed by atoms with Crippen molar-refractivity contribution < 1.29 is 58.4 Å². The molecule has 6 amide bonds. The lowest BCUT2D eigenvalue weighted by Gasteiger charge is -2.37. The zero-order valence-electron chi connectivity index (χ0n) is 41.8. The molecule has 0 saturated heterocycles. The van der Waals surface area contributed by atoms with Crippen molar-refractivity contribution in [1.82, 2.24) is 41.5 Å². The highest BCUT2D eigenvalue weighted by atomic mass is 16.6. The van der Waals surface area contributed by atoms with E-state index < -0.39 is 130 Å². The van der Waals surface area contributed by atoms with Gasteiger partial charge in [-0.15, -0.1) is 0 Å². The lowest BCUT2D eigenvalue weighted by atomic mass is 9.77. The number of carboxylic acids is 1. The normalized spacial score (nSPS) is 13.1. The van der Waals surface area contributed by atoms with Gasteiger partial charge in [0, 0.05) is 25.1 Å². The van der Waals surface area contributed by atoms with Crippen molar-refractivity contribution >= 4 is 53.0 Å². The summed E-state index contributed by atoms with van der Waals surface area (Å²) in [5.41, 5.74) is -3.31. The van der Waals surface area contributed by atoms with Gasteiger partial charge < -0.3 is 46.9 Å². The van der Waals surface area contributed by atoms with E-state index in [2.05, 4.69) is 36.9 Å². The van der Waals surface area contributed by atoms with Crippen molar-refractivity contribution in [2.75, 3.05) is 6.54 Å². The number of nitrogens with one attached hydrogen (secondary N) is 6. The summed E-state index contributed by atoms with van der Waals surface area (Å²) in [7, 11) is 0. The molecule has 0 saturated carbocycles. The van der Waals surface area contributed by atoms with Gasteiger partial charge in [-0.2, -0.15) is 0 Å². The predicted molar refractivity (Wildman–Crippen MR) is 269 cm³/mol. The van der Waals surface area contributed by atoms with Crippen molar-refractivity contribution in [3.63, 3.8) is 0 Å². The zero-order valence-corrected chi connectivity index (χ0v) is 41.8. The molecule has 0 bridgehead atoms. The summed E-state index contributed by atoms with van der Waals surface area (Å²) in [6, 6.07) is 25.6. The van der Waals surface area contributed by atoms with Crippen LogP contribution in [-0.4, -0.2) is 113 Å².